The first-order chi connectivity index (χ1) is 11.2. The summed E-state index contributed by atoms with van der Waals surface area (Å²) in [7, 11) is -2.90. The highest BCUT2D eigenvalue weighted by molar-refractivity contribution is 7.89. The van der Waals surface area contributed by atoms with Crippen molar-refractivity contribution < 1.29 is 30.8 Å². The zero-order valence-corrected chi connectivity index (χ0v) is 13.3. The van der Waals surface area contributed by atoms with Crippen LogP contribution in [0.3, 0.4) is 0 Å². The molecule has 0 bridgehead atoms. The van der Waals surface area contributed by atoms with E-state index in [-0.39, 0.29) is 12.3 Å². The van der Waals surface area contributed by atoms with Crippen molar-refractivity contribution in [2.45, 2.75) is 30.7 Å². The van der Waals surface area contributed by atoms with Crippen LogP contribution in [0.4, 0.5) is 13.2 Å². The Labute approximate surface area is 134 Å². The summed E-state index contributed by atoms with van der Waals surface area (Å²) in [5.41, 5.74) is -1.13. The third-order valence-electron chi connectivity index (χ3n) is 3.55. The number of rotatable bonds is 4. The topological polar surface area (TPSA) is 100 Å². The molecule has 12 heteroatoms. The fourth-order valence-electron chi connectivity index (χ4n) is 2.51. The Bertz CT molecular complexity index is 856. The zero-order chi connectivity index (χ0) is 17.5. The Morgan fingerprint density at radius 1 is 1.25 bits per heavy atom. The number of hydrogen-bond donors (Lipinski definition) is 0. The smallest absolute Gasteiger partial charge is 0.376 e. The Balaban J connectivity index is 1.84. The lowest BCUT2D eigenvalue weighted by molar-refractivity contribution is -0.144. The Hall–Kier alpha value is -1.95. The van der Waals surface area contributed by atoms with E-state index >= 15 is 0 Å². The van der Waals surface area contributed by atoms with Crippen molar-refractivity contribution in [1.29, 1.82) is 0 Å². The number of aromatic nitrogens is 4. The van der Waals surface area contributed by atoms with Gasteiger partial charge in [-0.05, 0) is 0 Å². The van der Waals surface area contributed by atoms with Crippen LogP contribution >= 0.6 is 0 Å². The van der Waals surface area contributed by atoms with Crippen LogP contribution in [0.15, 0.2) is 4.52 Å². The average molecular weight is 366 g/mol. The van der Waals surface area contributed by atoms with E-state index in [4.69, 9.17) is 9.26 Å². The predicted octanol–water partition coefficient (Wildman–Crippen LogP) is 1.01. The minimum Gasteiger partial charge on any atom is -0.376 e. The second kappa shape index (κ2) is 5.84. The van der Waals surface area contributed by atoms with Crippen molar-refractivity contribution in [1.82, 2.24) is 20.2 Å². The first kappa shape index (κ1) is 16.9. The van der Waals surface area contributed by atoms with Gasteiger partial charge in [-0.2, -0.15) is 13.2 Å². The van der Waals surface area contributed by atoms with Gasteiger partial charge < -0.3 is 9.26 Å². The molecule has 0 unspecified atom stereocenters. The molecule has 1 aliphatic rings. The third kappa shape index (κ3) is 3.29. The van der Waals surface area contributed by atoms with Crippen molar-refractivity contribution in [2.75, 3.05) is 6.61 Å². The summed E-state index contributed by atoms with van der Waals surface area (Å²) < 4.78 is 74.3. The molecule has 3 heterocycles. The summed E-state index contributed by atoms with van der Waals surface area (Å²) in [6.45, 7) is 0.617. The Morgan fingerprint density at radius 3 is 2.67 bits per heavy atom. The maximum Gasteiger partial charge on any atom is 0.434 e. The SMILES string of the molecule is Cn1nnc(CS(=O)(=O)Cc2noc3c2COCC3)c1C(F)(F)F. The number of aryl methyl sites for hydroxylation is 1. The lowest BCUT2D eigenvalue weighted by Crippen LogP contribution is -2.17. The predicted molar refractivity (Wildman–Crippen MR) is 72.2 cm³/mol. The van der Waals surface area contributed by atoms with Crippen molar-refractivity contribution in [3.8, 4) is 0 Å². The van der Waals surface area contributed by atoms with Crippen molar-refractivity contribution in [2.24, 2.45) is 7.05 Å². The van der Waals surface area contributed by atoms with E-state index in [1.54, 1.807) is 0 Å². The van der Waals surface area contributed by atoms with Gasteiger partial charge in [-0.25, -0.2) is 13.1 Å². The van der Waals surface area contributed by atoms with Crippen molar-refractivity contribution in [3.63, 3.8) is 0 Å². The molecule has 0 aliphatic carbocycles. The van der Waals surface area contributed by atoms with Gasteiger partial charge in [0.2, 0.25) is 0 Å². The molecule has 0 amide bonds. The molecule has 24 heavy (non-hydrogen) atoms. The maximum atomic E-state index is 13.0. The standard InChI is InChI=1S/C12H13F3N4O4S/c1-19-11(12(13,14)15)9(16-18-19)6-24(20,21)5-8-7-4-22-3-2-10(7)23-17-8/h2-6H2,1H3. The maximum absolute atomic E-state index is 13.0. The summed E-state index contributed by atoms with van der Waals surface area (Å²) in [5, 5.41) is 10.3. The summed E-state index contributed by atoms with van der Waals surface area (Å²) in [4.78, 5) is 0. The normalized spacial score (nSPS) is 15.5. The lowest BCUT2D eigenvalue weighted by Gasteiger charge is -2.11. The van der Waals surface area contributed by atoms with Crippen LogP contribution in [-0.4, -0.2) is 35.2 Å². The average Bonchev–Trinajstić information content (AvgIpc) is 3.02. The molecule has 132 valence electrons. The summed E-state index contributed by atoms with van der Waals surface area (Å²) >= 11 is 0. The number of halogens is 3. The van der Waals surface area contributed by atoms with E-state index < -0.39 is 38.9 Å². The molecule has 2 aromatic heterocycles. The second-order valence-corrected chi connectivity index (χ2v) is 7.44. The molecular weight excluding hydrogens is 353 g/mol. The molecule has 2 aromatic rings. The van der Waals surface area contributed by atoms with Crippen molar-refractivity contribution in [3.05, 3.63) is 28.4 Å². The van der Waals surface area contributed by atoms with Gasteiger partial charge >= 0.3 is 6.18 Å². The number of fused-ring (bicyclic) bond motifs is 1. The van der Waals surface area contributed by atoms with Gasteiger partial charge in [0, 0.05) is 19.0 Å². The van der Waals surface area contributed by atoms with Gasteiger partial charge in [0.1, 0.15) is 17.1 Å². The molecule has 0 radical (unpaired) electrons. The van der Waals surface area contributed by atoms with Crippen LogP contribution in [0.2, 0.25) is 0 Å². The molecule has 0 saturated carbocycles. The number of hydrogen-bond acceptors (Lipinski definition) is 7. The quantitative estimate of drug-likeness (QED) is 0.796. The third-order valence-corrected chi connectivity index (χ3v) is 4.98. The molecular formula is C12H13F3N4O4S. The molecule has 8 nitrogen and oxygen atoms in total. The molecule has 1 aliphatic heterocycles. The van der Waals surface area contributed by atoms with Crippen LogP contribution in [0, 0.1) is 0 Å². The molecule has 3 rings (SSSR count). The van der Waals surface area contributed by atoms with E-state index in [1.807, 2.05) is 0 Å². The summed E-state index contributed by atoms with van der Waals surface area (Å²) in [6.07, 6.45) is -4.27. The molecule has 0 aromatic carbocycles. The first-order valence-electron chi connectivity index (χ1n) is 6.87. The highest BCUT2D eigenvalue weighted by Crippen LogP contribution is 2.32. The van der Waals surface area contributed by atoms with Crippen LogP contribution in [0.25, 0.3) is 0 Å². The van der Waals surface area contributed by atoms with Crippen molar-refractivity contribution >= 4 is 9.84 Å². The Kier molecular flexibility index (Phi) is 4.11. The minimum absolute atomic E-state index is 0.155. The van der Waals surface area contributed by atoms with Gasteiger partial charge in [0.25, 0.3) is 0 Å². The largest absolute Gasteiger partial charge is 0.434 e. The summed E-state index contributed by atoms with van der Waals surface area (Å²) in [6, 6.07) is 0. The highest BCUT2D eigenvalue weighted by atomic mass is 32.2. The van der Waals surface area contributed by atoms with Crippen LogP contribution in [0.5, 0.6) is 0 Å². The van der Waals surface area contributed by atoms with Gasteiger partial charge in [0.15, 0.2) is 15.5 Å². The fraction of sp³-hybridized carbons (Fsp3) is 0.583. The molecule has 0 atom stereocenters. The summed E-state index contributed by atoms with van der Waals surface area (Å²) in [5.74, 6) is -0.900. The molecule has 0 fully saturated rings. The van der Waals surface area contributed by atoms with E-state index in [2.05, 4.69) is 15.5 Å². The zero-order valence-electron chi connectivity index (χ0n) is 12.5. The fourth-order valence-corrected chi connectivity index (χ4v) is 3.86. The van der Waals surface area contributed by atoms with E-state index in [0.717, 1.165) is 7.05 Å². The van der Waals surface area contributed by atoms with Gasteiger partial charge in [-0.3, -0.25) is 0 Å². The van der Waals surface area contributed by atoms with Gasteiger partial charge in [0.05, 0.1) is 24.7 Å². The van der Waals surface area contributed by atoms with Crippen LogP contribution < -0.4 is 0 Å². The second-order valence-electron chi connectivity index (χ2n) is 5.37. The van der Waals surface area contributed by atoms with E-state index in [0.29, 0.717) is 29.0 Å². The van der Waals surface area contributed by atoms with E-state index in [1.165, 1.54) is 0 Å². The van der Waals surface area contributed by atoms with Gasteiger partial charge in [-0.1, -0.05) is 10.4 Å². The van der Waals surface area contributed by atoms with Crippen LogP contribution in [-0.2, 0) is 52.3 Å². The Morgan fingerprint density at radius 2 is 1.96 bits per heavy atom. The minimum atomic E-state index is -4.75. The molecule has 0 N–H and O–H groups in total. The van der Waals surface area contributed by atoms with Crippen LogP contribution in [0.1, 0.15) is 28.4 Å². The highest BCUT2D eigenvalue weighted by Gasteiger charge is 2.39. The number of nitrogens with zero attached hydrogens (tertiary/aromatic N) is 4. The van der Waals surface area contributed by atoms with Gasteiger partial charge in [-0.15, -0.1) is 5.10 Å². The monoisotopic (exact) mass is 366 g/mol. The lowest BCUT2D eigenvalue weighted by atomic mass is 10.1. The number of sulfone groups is 1. The number of ether oxygens (including phenoxy) is 1. The number of alkyl halides is 3. The van der Waals surface area contributed by atoms with E-state index in [9.17, 15) is 21.6 Å². The molecule has 0 spiro atoms. The molecule has 0 saturated heterocycles. The first-order valence-corrected chi connectivity index (χ1v) is 8.70.